The Hall–Kier alpha value is -2.80. The van der Waals surface area contributed by atoms with Crippen molar-refractivity contribution in [2.24, 2.45) is 7.05 Å². The van der Waals surface area contributed by atoms with Gasteiger partial charge in [-0.25, -0.2) is 0 Å². The Labute approximate surface area is 189 Å². The number of carbonyl (C=O) groups excluding carboxylic acids is 1. The fourth-order valence-electron chi connectivity index (χ4n) is 3.58. The normalized spacial score (nSPS) is 11.9. The summed E-state index contributed by atoms with van der Waals surface area (Å²) in [5.74, 6) is 0.857. The molecule has 31 heavy (non-hydrogen) atoms. The lowest BCUT2D eigenvalue weighted by Crippen LogP contribution is -2.36. The molecule has 1 heterocycles. The molecule has 0 N–H and O–H groups in total. The SMILES string of the molecule is CCN(CC)c1ccc(-c2nnc(SC(C)C(=O)N(CC)c3ccccc3)n2C)cc1. The number of amides is 1. The Morgan fingerprint density at radius 2 is 1.58 bits per heavy atom. The van der Waals surface area contributed by atoms with Crippen molar-refractivity contribution in [2.45, 2.75) is 38.1 Å². The zero-order valence-electron chi connectivity index (χ0n) is 18.9. The average Bonchev–Trinajstić information content (AvgIpc) is 3.16. The first-order valence-electron chi connectivity index (χ1n) is 10.8. The highest BCUT2D eigenvalue weighted by atomic mass is 32.2. The molecule has 1 amide bonds. The van der Waals surface area contributed by atoms with Crippen LogP contribution in [0.1, 0.15) is 27.7 Å². The summed E-state index contributed by atoms with van der Waals surface area (Å²) in [5, 5.41) is 9.20. The Morgan fingerprint density at radius 1 is 0.935 bits per heavy atom. The van der Waals surface area contributed by atoms with E-state index in [1.807, 2.05) is 55.8 Å². The van der Waals surface area contributed by atoms with Crippen molar-refractivity contribution in [1.29, 1.82) is 0 Å². The molecule has 0 aliphatic rings. The van der Waals surface area contributed by atoms with Gasteiger partial charge in [0.25, 0.3) is 0 Å². The highest BCUT2D eigenvalue weighted by Crippen LogP contribution is 2.28. The molecule has 0 aliphatic carbocycles. The molecule has 1 unspecified atom stereocenters. The van der Waals surface area contributed by atoms with Gasteiger partial charge in [0.05, 0.1) is 5.25 Å². The molecule has 1 aromatic heterocycles. The molecule has 2 aromatic carbocycles. The van der Waals surface area contributed by atoms with Crippen LogP contribution in [0.2, 0.25) is 0 Å². The Balaban J connectivity index is 1.74. The highest BCUT2D eigenvalue weighted by Gasteiger charge is 2.24. The van der Waals surface area contributed by atoms with Gasteiger partial charge in [-0.1, -0.05) is 30.0 Å². The smallest absolute Gasteiger partial charge is 0.240 e. The second kappa shape index (κ2) is 10.5. The first-order chi connectivity index (χ1) is 15.0. The second-order valence-electron chi connectivity index (χ2n) is 7.26. The standard InChI is InChI=1S/C24H31N5OS/c1-6-28(7-2)20-16-14-19(15-17-20)22-25-26-24(27(22)5)31-18(4)23(30)29(8-3)21-12-10-9-11-13-21/h9-18H,6-8H2,1-5H3. The van der Waals surface area contributed by atoms with Gasteiger partial charge in [-0.2, -0.15) is 0 Å². The molecule has 0 aliphatic heterocycles. The van der Waals surface area contributed by atoms with E-state index in [4.69, 9.17) is 0 Å². The van der Waals surface area contributed by atoms with E-state index < -0.39 is 0 Å². The highest BCUT2D eigenvalue weighted by molar-refractivity contribution is 8.00. The maximum Gasteiger partial charge on any atom is 0.240 e. The molecule has 7 heteroatoms. The van der Waals surface area contributed by atoms with E-state index in [0.29, 0.717) is 6.54 Å². The predicted molar refractivity (Wildman–Crippen MR) is 130 cm³/mol. The topological polar surface area (TPSA) is 54.3 Å². The average molecular weight is 438 g/mol. The zero-order valence-corrected chi connectivity index (χ0v) is 19.8. The monoisotopic (exact) mass is 437 g/mol. The van der Waals surface area contributed by atoms with E-state index in [1.165, 1.54) is 17.4 Å². The van der Waals surface area contributed by atoms with E-state index in [1.54, 1.807) is 4.90 Å². The van der Waals surface area contributed by atoms with Gasteiger partial charge in [-0.3, -0.25) is 4.79 Å². The molecule has 6 nitrogen and oxygen atoms in total. The summed E-state index contributed by atoms with van der Waals surface area (Å²) < 4.78 is 1.96. The third kappa shape index (κ3) is 5.10. The number of rotatable bonds is 9. The lowest BCUT2D eigenvalue weighted by atomic mass is 10.2. The summed E-state index contributed by atoms with van der Waals surface area (Å²) >= 11 is 1.44. The molecule has 0 radical (unpaired) electrons. The van der Waals surface area contributed by atoms with Crippen LogP contribution in [-0.4, -0.2) is 45.6 Å². The molecule has 0 fully saturated rings. The minimum atomic E-state index is -0.277. The molecule has 1 atom stereocenters. The molecule has 164 valence electrons. The number of nitrogens with zero attached hydrogens (tertiary/aromatic N) is 5. The van der Waals surface area contributed by atoms with Gasteiger partial charge >= 0.3 is 0 Å². The third-order valence-corrected chi connectivity index (χ3v) is 6.49. The fourth-order valence-corrected chi connectivity index (χ4v) is 4.46. The number of aromatic nitrogens is 3. The molecule has 3 aromatic rings. The van der Waals surface area contributed by atoms with Crippen LogP contribution < -0.4 is 9.80 Å². The molecule has 0 saturated heterocycles. The summed E-state index contributed by atoms with van der Waals surface area (Å²) in [5.41, 5.74) is 3.12. The lowest BCUT2D eigenvalue weighted by Gasteiger charge is -2.24. The van der Waals surface area contributed by atoms with Crippen LogP contribution in [0.25, 0.3) is 11.4 Å². The second-order valence-corrected chi connectivity index (χ2v) is 8.57. The van der Waals surface area contributed by atoms with Crippen LogP contribution in [0.4, 0.5) is 11.4 Å². The lowest BCUT2D eigenvalue weighted by molar-refractivity contribution is -0.117. The maximum atomic E-state index is 13.1. The van der Waals surface area contributed by atoms with Crippen molar-refractivity contribution in [2.75, 3.05) is 29.4 Å². The Kier molecular flexibility index (Phi) is 7.74. The number of carbonyl (C=O) groups is 1. The number of hydrogen-bond acceptors (Lipinski definition) is 5. The van der Waals surface area contributed by atoms with Gasteiger partial charge in [0, 0.05) is 43.6 Å². The van der Waals surface area contributed by atoms with E-state index in [-0.39, 0.29) is 11.2 Å². The maximum absolute atomic E-state index is 13.1. The number of para-hydroxylation sites is 1. The van der Waals surface area contributed by atoms with Crippen molar-refractivity contribution in [3.63, 3.8) is 0 Å². The molecule has 0 spiro atoms. The first-order valence-corrected chi connectivity index (χ1v) is 11.7. The summed E-state index contributed by atoms with van der Waals surface area (Å²) in [4.78, 5) is 17.2. The van der Waals surface area contributed by atoms with E-state index >= 15 is 0 Å². The molecule has 3 rings (SSSR count). The molecule has 0 bridgehead atoms. The van der Waals surface area contributed by atoms with E-state index in [2.05, 4.69) is 53.2 Å². The minimum Gasteiger partial charge on any atom is -0.372 e. The van der Waals surface area contributed by atoms with E-state index in [9.17, 15) is 4.79 Å². The van der Waals surface area contributed by atoms with Gasteiger partial charge in [0.1, 0.15) is 0 Å². The zero-order chi connectivity index (χ0) is 22.4. The third-order valence-electron chi connectivity index (χ3n) is 5.37. The van der Waals surface area contributed by atoms with Crippen LogP contribution in [0.5, 0.6) is 0 Å². The van der Waals surface area contributed by atoms with Crippen molar-refractivity contribution in [3.8, 4) is 11.4 Å². The van der Waals surface area contributed by atoms with Crippen LogP contribution in [0.3, 0.4) is 0 Å². The number of anilines is 2. The summed E-state index contributed by atoms with van der Waals surface area (Å²) in [6.07, 6.45) is 0. The van der Waals surface area contributed by atoms with Gasteiger partial charge in [-0.15, -0.1) is 10.2 Å². The molecular weight excluding hydrogens is 406 g/mol. The van der Waals surface area contributed by atoms with Crippen LogP contribution in [0, 0.1) is 0 Å². The predicted octanol–water partition coefficient (Wildman–Crippen LogP) is 4.86. The van der Waals surface area contributed by atoms with Crippen molar-refractivity contribution in [3.05, 3.63) is 54.6 Å². The van der Waals surface area contributed by atoms with Gasteiger partial charge in [-0.05, 0) is 64.1 Å². The van der Waals surface area contributed by atoms with E-state index in [0.717, 1.165) is 35.3 Å². The minimum absolute atomic E-state index is 0.0619. The van der Waals surface area contributed by atoms with Crippen molar-refractivity contribution < 1.29 is 4.79 Å². The van der Waals surface area contributed by atoms with Gasteiger partial charge in [0.2, 0.25) is 5.91 Å². The Bertz CT molecular complexity index is 983. The quantitative estimate of drug-likeness (QED) is 0.448. The van der Waals surface area contributed by atoms with Crippen molar-refractivity contribution in [1.82, 2.24) is 14.8 Å². The summed E-state index contributed by atoms with van der Waals surface area (Å²) in [6.45, 7) is 10.8. The number of thioether (sulfide) groups is 1. The van der Waals surface area contributed by atoms with Crippen LogP contribution >= 0.6 is 11.8 Å². The van der Waals surface area contributed by atoms with Crippen LogP contribution in [-0.2, 0) is 11.8 Å². The summed E-state index contributed by atoms with van der Waals surface area (Å²) in [7, 11) is 1.95. The first kappa shape index (κ1) is 22.9. The fraction of sp³-hybridized carbons (Fsp3) is 0.375. The Morgan fingerprint density at radius 3 is 2.16 bits per heavy atom. The number of hydrogen-bond donors (Lipinski definition) is 0. The van der Waals surface area contributed by atoms with Gasteiger partial charge in [0.15, 0.2) is 11.0 Å². The largest absolute Gasteiger partial charge is 0.372 e. The molecular formula is C24H31N5OS. The molecule has 0 saturated carbocycles. The van der Waals surface area contributed by atoms with Crippen molar-refractivity contribution >= 4 is 29.0 Å². The summed E-state index contributed by atoms with van der Waals surface area (Å²) in [6, 6.07) is 18.2. The van der Waals surface area contributed by atoms with Crippen LogP contribution in [0.15, 0.2) is 59.8 Å². The number of benzene rings is 2. The van der Waals surface area contributed by atoms with Gasteiger partial charge < -0.3 is 14.4 Å².